The Morgan fingerprint density at radius 2 is 1.79 bits per heavy atom. The number of fused-ring (bicyclic) bond motifs is 5. The Morgan fingerprint density at radius 1 is 1.05 bits per heavy atom. The summed E-state index contributed by atoms with van der Waals surface area (Å²) in [5.74, 6) is -0.424. The third-order valence-corrected chi connectivity index (χ3v) is 11.3. The van der Waals surface area contributed by atoms with E-state index in [1.807, 2.05) is 31.2 Å². The summed E-state index contributed by atoms with van der Waals surface area (Å²) >= 11 is 0. The molecule has 43 heavy (non-hydrogen) atoms. The van der Waals surface area contributed by atoms with E-state index in [-0.39, 0.29) is 60.5 Å². The highest BCUT2D eigenvalue weighted by Crippen LogP contribution is 2.67. The van der Waals surface area contributed by atoms with E-state index in [1.165, 1.54) is 0 Å². The van der Waals surface area contributed by atoms with Gasteiger partial charge in [0, 0.05) is 24.8 Å². The van der Waals surface area contributed by atoms with Crippen molar-refractivity contribution in [1.82, 2.24) is 5.32 Å². The lowest BCUT2D eigenvalue weighted by atomic mass is 9.45. The van der Waals surface area contributed by atoms with Crippen molar-refractivity contribution in [3.63, 3.8) is 0 Å². The molecular weight excluding hydrogens is 550 g/mol. The zero-order valence-corrected chi connectivity index (χ0v) is 25.5. The fourth-order valence-electron chi connectivity index (χ4n) is 8.93. The average Bonchev–Trinajstić information content (AvgIpc) is 3.25. The molecule has 0 aromatic heterocycles. The van der Waals surface area contributed by atoms with Crippen molar-refractivity contribution in [1.29, 1.82) is 0 Å². The maximum atomic E-state index is 13.4. The molecule has 0 unspecified atom stereocenters. The number of ketones is 2. The molecule has 0 spiro atoms. The van der Waals surface area contributed by atoms with Gasteiger partial charge in [0.05, 0.1) is 19.6 Å². The third kappa shape index (κ3) is 5.78. The quantitative estimate of drug-likeness (QED) is 0.350. The number of hydrogen-bond donors (Lipinski definition) is 3. The smallest absolute Gasteiger partial charge is 0.306 e. The van der Waals surface area contributed by atoms with Crippen molar-refractivity contribution in [2.75, 3.05) is 20.3 Å². The lowest BCUT2D eigenvalue weighted by molar-refractivity contribution is -0.184. The molecule has 1 aromatic carbocycles. The number of esters is 1. The van der Waals surface area contributed by atoms with Crippen molar-refractivity contribution in [3.05, 3.63) is 41.5 Å². The summed E-state index contributed by atoms with van der Waals surface area (Å²) in [6.45, 7) is 3.93. The van der Waals surface area contributed by atoms with Crippen LogP contribution < -0.4 is 10.1 Å². The van der Waals surface area contributed by atoms with Gasteiger partial charge in [-0.25, -0.2) is 0 Å². The summed E-state index contributed by atoms with van der Waals surface area (Å²) in [4.78, 5) is 50.2. The SMILES string of the molecule is COc1ccc(CCNC(=O)CCC(=O)OCC(=O)[C@@]2(O)CC[C@@H]3[C@H]4CCC5=CC(=O)CC[C@]5(C)[C@@H]4[C@H](O)C[C@]32C)cc1. The molecule has 0 saturated heterocycles. The highest BCUT2D eigenvalue weighted by molar-refractivity contribution is 5.92. The van der Waals surface area contributed by atoms with Crippen LogP contribution in [0.5, 0.6) is 5.75 Å². The molecular formula is C34H45NO8. The fourth-order valence-corrected chi connectivity index (χ4v) is 8.93. The number of aliphatic hydroxyl groups excluding tert-OH is 1. The van der Waals surface area contributed by atoms with Crippen molar-refractivity contribution in [2.24, 2.45) is 28.6 Å². The number of benzene rings is 1. The van der Waals surface area contributed by atoms with Gasteiger partial charge in [0.1, 0.15) is 11.4 Å². The molecule has 3 saturated carbocycles. The van der Waals surface area contributed by atoms with Crippen LogP contribution in [-0.4, -0.2) is 65.6 Å². The number of Topliss-reactive ketones (excluding diaryl/α,β-unsaturated/α-hetero) is 1. The molecule has 9 nitrogen and oxygen atoms in total. The van der Waals surface area contributed by atoms with E-state index in [9.17, 15) is 29.4 Å². The second-order valence-electron chi connectivity index (χ2n) is 13.5. The molecule has 1 aromatic rings. The Morgan fingerprint density at radius 3 is 2.51 bits per heavy atom. The number of carbonyl (C=O) groups is 4. The van der Waals surface area contributed by atoms with E-state index < -0.39 is 35.5 Å². The van der Waals surface area contributed by atoms with Crippen LogP contribution in [0.2, 0.25) is 0 Å². The summed E-state index contributed by atoms with van der Waals surface area (Å²) in [6, 6.07) is 7.56. The molecule has 9 heteroatoms. The van der Waals surface area contributed by atoms with Gasteiger partial charge >= 0.3 is 5.97 Å². The van der Waals surface area contributed by atoms with Crippen molar-refractivity contribution >= 4 is 23.4 Å². The molecule has 1 amide bonds. The van der Waals surface area contributed by atoms with Crippen molar-refractivity contribution in [3.8, 4) is 5.75 Å². The number of methoxy groups -OCH3 is 1. The molecule has 0 aliphatic heterocycles. The first kappa shape index (κ1) is 31.4. The Kier molecular flexibility index (Phi) is 8.87. The fraction of sp³-hybridized carbons (Fsp3) is 0.647. The monoisotopic (exact) mass is 595 g/mol. The summed E-state index contributed by atoms with van der Waals surface area (Å²) in [6.07, 6.45) is 5.50. The Hall–Kier alpha value is -3.04. The minimum atomic E-state index is -1.71. The number of rotatable bonds is 10. The van der Waals surface area contributed by atoms with Crippen molar-refractivity contribution < 1.29 is 38.9 Å². The standard InChI is InChI=1S/C34H45NO8/c1-32-15-12-23(36)18-22(32)6-9-25-26-13-16-34(41,33(26,2)19-27(37)31(25)32)28(38)20-43-30(40)11-10-29(39)35-17-14-21-4-7-24(42-3)8-5-21/h4-5,7-8,18,25-27,31,37,41H,6,9-17,19-20H2,1-3H3,(H,35,39)/t25-,26-,27-,31+,32+,33-,34+/m1/s1. The molecule has 4 aliphatic carbocycles. The second kappa shape index (κ2) is 12.2. The van der Waals surface area contributed by atoms with E-state index in [2.05, 4.69) is 12.2 Å². The second-order valence-corrected chi connectivity index (χ2v) is 13.5. The first-order valence-corrected chi connectivity index (χ1v) is 15.6. The van der Waals surface area contributed by atoms with E-state index >= 15 is 0 Å². The third-order valence-electron chi connectivity index (χ3n) is 11.3. The minimum Gasteiger partial charge on any atom is -0.497 e. The van der Waals surface area contributed by atoms with Crippen LogP contribution in [0.1, 0.15) is 77.2 Å². The van der Waals surface area contributed by atoms with Gasteiger partial charge in [-0.3, -0.25) is 19.2 Å². The summed E-state index contributed by atoms with van der Waals surface area (Å²) in [5, 5.41) is 26.1. The number of nitrogens with one attached hydrogen (secondary N) is 1. The van der Waals surface area contributed by atoms with Gasteiger partial charge in [0.25, 0.3) is 0 Å². The van der Waals surface area contributed by atoms with Gasteiger partial charge in [0.15, 0.2) is 12.4 Å². The van der Waals surface area contributed by atoms with Gasteiger partial charge in [-0.1, -0.05) is 31.6 Å². The summed E-state index contributed by atoms with van der Waals surface area (Å²) < 4.78 is 10.4. The zero-order chi connectivity index (χ0) is 31.0. The van der Waals surface area contributed by atoms with Crippen LogP contribution in [0.15, 0.2) is 35.9 Å². The zero-order valence-electron chi connectivity index (χ0n) is 25.5. The Bertz CT molecular complexity index is 1290. The molecule has 3 fully saturated rings. The maximum absolute atomic E-state index is 13.4. The van der Waals surface area contributed by atoms with Crippen molar-refractivity contribution in [2.45, 2.75) is 89.8 Å². The van der Waals surface area contributed by atoms with Crippen LogP contribution in [0.3, 0.4) is 0 Å². The topological polar surface area (TPSA) is 139 Å². The van der Waals surface area contributed by atoms with E-state index in [1.54, 1.807) is 13.2 Å². The predicted octanol–water partition coefficient (Wildman–Crippen LogP) is 3.48. The minimum absolute atomic E-state index is 0.0173. The number of ether oxygens (including phenoxy) is 2. The molecule has 0 radical (unpaired) electrons. The summed E-state index contributed by atoms with van der Waals surface area (Å²) in [5.41, 5.74) is -0.620. The molecule has 4 aliphatic rings. The molecule has 3 N–H and O–H groups in total. The normalized spacial score (nSPS) is 34.7. The van der Waals surface area contributed by atoms with Crippen LogP contribution in [-0.2, 0) is 30.3 Å². The number of aliphatic hydroxyl groups is 2. The van der Waals surface area contributed by atoms with E-state index in [0.29, 0.717) is 25.8 Å². The highest BCUT2D eigenvalue weighted by atomic mass is 16.5. The van der Waals surface area contributed by atoms with E-state index in [4.69, 9.17) is 9.47 Å². The predicted molar refractivity (Wildman–Crippen MR) is 158 cm³/mol. The summed E-state index contributed by atoms with van der Waals surface area (Å²) in [7, 11) is 1.60. The maximum Gasteiger partial charge on any atom is 0.306 e. The lowest BCUT2D eigenvalue weighted by Gasteiger charge is -2.60. The van der Waals surface area contributed by atoms with E-state index in [0.717, 1.165) is 36.1 Å². The largest absolute Gasteiger partial charge is 0.497 e. The number of amides is 1. The first-order chi connectivity index (χ1) is 20.4. The van der Waals surface area contributed by atoms with Crippen LogP contribution in [0.4, 0.5) is 0 Å². The first-order valence-electron chi connectivity index (χ1n) is 15.6. The molecule has 7 atom stereocenters. The molecule has 5 rings (SSSR count). The van der Waals surface area contributed by atoms with Gasteiger partial charge < -0.3 is 25.0 Å². The lowest BCUT2D eigenvalue weighted by Crippen LogP contribution is -2.62. The molecule has 234 valence electrons. The van der Waals surface area contributed by atoms with Crippen LogP contribution >= 0.6 is 0 Å². The number of allylic oxidation sites excluding steroid dienone is 1. The Labute approximate surface area is 253 Å². The number of carbonyl (C=O) groups excluding carboxylic acids is 4. The van der Waals surface area contributed by atoms with Gasteiger partial charge in [-0.2, -0.15) is 0 Å². The van der Waals surface area contributed by atoms with Gasteiger partial charge in [-0.15, -0.1) is 0 Å². The molecule has 0 bridgehead atoms. The van der Waals surface area contributed by atoms with Crippen LogP contribution in [0.25, 0.3) is 0 Å². The number of hydrogen-bond acceptors (Lipinski definition) is 8. The Balaban J connectivity index is 1.12. The highest BCUT2D eigenvalue weighted by Gasteiger charge is 2.68. The van der Waals surface area contributed by atoms with Gasteiger partial charge in [0.2, 0.25) is 11.7 Å². The average molecular weight is 596 g/mol. The molecule has 0 heterocycles. The van der Waals surface area contributed by atoms with Crippen LogP contribution in [0, 0.1) is 28.6 Å². The van der Waals surface area contributed by atoms with Gasteiger partial charge in [-0.05, 0) is 91.9 Å².